The summed E-state index contributed by atoms with van der Waals surface area (Å²) in [4.78, 5) is 33.6. The second kappa shape index (κ2) is 9.14. The molecule has 3 rings (SSSR count). The maximum Gasteiger partial charge on any atom is 0.404 e. The van der Waals surface area contributed by atoms with E-state index in [1.54, 1.807) is 13.0 Å². The van der Waals surface area contributed by atoms with Crippen LogP contribution in [0.4, 0.5) is 17.2 Å². The standard InChI is InChI=1S/C20H18BrN5O6/c1-11-4-5-12(2)17(6-11)32-16-8-14(7-15(9-16)25(28)29)22-18(27)10-24-13(3)19(21)20(23-24)26(30)31/h4-9H,10H2,1-3H3,(H,22,27). The number of amides is 1. The minimum absolute atomic E-state index is 0.142. The minimum Gasteiger partial charge on any atom is -0.457 e. The van der Waals surface area contributed by atoms with Crippen molar-refractivity contribution in [1.29, 1.82) is 0 Å². The van der Waals surface area contributed by atoms with Crippen molar-refractivity contribution >= 4 is 39.0 Å². The topological polar surface area (TPSA) is 142 Å². The number of carbonyl (C=O) groups is 1. The summed E-state index contributed by atoms with van der Waals surface area (Å²) in [5, 5.41) is 28.7. The highest BCUT2D eigenvalue weighted by molar-refractivity contribution is 9.10. The van der Waals surface area contributed by atoms with Crippen molar-refractivity contribution in [3.05, 3.63) is 77.9 Å². The van der Waals surface area contributed by atoms with E-state index >= 15 is 0 Å². The SMILES string of the molecule is Cc1ccc(C)c(Oc2cc(NC(=O)Cn3nc([N+](=O)[O-])c(Br)c3C)cc([N+](=O)[O-])c2)c1. The number of hydrogen-bond acceptors (Lipinski definition) is 7. The molecular formula is C20H18BrN5O6. The lowest BCUT2D eigenvalue weighted by molar-refractivity contribution is -0.390. The van der Waals surface area contributed by atoms with E-state index in [4.69, 9.17) is 4.74 Å². The van der Waals surface area contributed by atoms with Crippen molar-refractivity contribution in [1.82, 2.24) is 9.78 Å². The summed E-state index contributed by atoms with van der Waals surface area (Å²) in [6, 6.07) is 9.51. The fourth-order valence-electron chi connectivity index (χ4n) is 2.88. The van der Waals surface area contributed by atoms with E-state index in [0.29, 0.717) is 11.4 Å². The van der Waals surface area contributed by atoms with Gasteiger partial charge in [0.15, 0.2) is 0 Å². The van der Waals surface area contributed by atoms with Gasteiger partial charge in [0.05, 0.1) is 27.5 Å². The predicted molar refractivity (Wildman–Crippen MR) is 119 cm³/mol. The van der Waals surface area contributed by atoms with Crippen LogP contribution in [0.3, 0.4) is 0 Å². The number of nitro groups is 2. The fraction of sp³-hybridized carbons (Fsp3) is 0.200. The molecule has 1 heterocycles. The van der Waals surface area contributed by atoms with Crippen LogP contribution >= 0.6 is 15.9 Å². The predicted octanol–water partition coefficient (Wildman–Crippen LogP) is 4.82. The van der Waals surface area contributed by atoms with E-state index in [0.717, 1.165) is 11.1 Å². The number of ether oxygens (including phenoxy) is 1. The van der Waals surface area contributed by atoms with Crippen molar-refractivity contribution in [3.8, 4) is 11.5 Å². The summed E-state index contributed by atoms with van der Waals surface area (Å²) in [5.41, 5.74) is 2.07. The van der Waals surface area contributed by atoms with Crippen LogP contribution in [0.1, 0.15) is 16.8 Å². The summed E-state index contributed by atoms with van der Waals surface area (Å²) < 4.78 is 7.18. The molecule has 1 aromatic heterocycles. The summed E-state index contributed by atoms with van der Waals surface area (Å²) in [6.07, 6.45) is 0. The van der Waals surface area contributed by atoms with Gasteiger partial charge >= 0.3 is 5.82 Å². The molecule has 1 amide bonds. The zero-order valence-corrected chi connectivity index (χ0v) is 18.9. The van der Waals surface area contributed by atoms with Gasteiger partial charge in [0.25, 0.3) is 5.69 Å². The van der Waals surface area contributed by atoms with E-state index in [1.165, 1.54) is 22.9 Å². The van der Waals surface area contributed by atoms with Crippen LogP contribution in [0.2, 0.25) is 0 Å². The van der Waals surface area contributed by atoms with E-state index in [9.17, 15) is 25.0 Å². The van der Waals surface area contributed by atoms with E-state index in [1.807, 2.05) is 26.0 Å². The van der Waals surface area contributed by atoms with Crippen LogP contribution in [-0.2, 0) is 11.3 Å². The van der Waals surface area contributed by atoms with Gasteiger partial charge in [0.2, 0.25) is 5.91 Å². The van der Waals surface area contributed by atoms with Crippen LogP contribution < -0.4 is 10.1 Å². The van der Waals surface area contributed by atoms with Crippen LogP contribution in [0, 0.1) is 41.0 Å². The number of nitro benzene ring substituents is 1. The smallest absolute Gasteiger partial charge is 0.404 e. The number of carbonyl (C=O) groups excluding carboxylic acids is 1. The van der Waals surface area contributed by atoms with Crippen LogP contribution in [0.5, 0.6) is 11.5 Å². The quantitative estimate of drug-likeness (QED) is 0.359. The normalized spacial score (nSPS) is 10.6. The molecule has 0 spiro atoms. The van der Waals surface area contributed by atoms with Gasteiger partial charge in [0, 0.05) is 12.1 Å². The first-order valence-corrected chi connectivity index (χ1v) is 10.1. The number of rotatable bonds is 7. The van der Waals surface area contributed by atoms with Gasteiger partial charge in [-0.15, -0.1) is 0 Å². The molecule has 0 aliphatic heterocycles. The highest BCUT2D eigenvalue weighted by atomic mass is 79.9. The Balaban J connectivity index is 1.85. The summed E-state index contributed by atoms with van der Waals surface area (Å²) in [6.45, 7) is 4.99. The third-order valence-corrected chi connectivity index (χ3v) is 5.47. The molecule has 11 nitrogen and oxygen atoms in total. The van der Waals surface area contributed by atoms with E-state index in [-0.39, 0.29) is 28.1 Å². The molecule has 0 saturated heterocycles. The number of aryl methyl sites for hydroxylation is 2. The van der Waals surface area contributed by atoms with E-state index < -0.39 is 21.6 Å². The maximum absolute atomic E-state index is 12.5. The molecule has 0 bridgehead atoms. The zero-order valence-electron chi connectivity index (χ0n) is 17.3. The van der Waals surface area contributed by atoms with Crippen molar-refractivity contribution in [2.45, 2.75) is 27.3 Å². The van der Waals surface area contributed by atoms with Crippen molar-refractivity contribution in [2.24, 2.45) is 0 Å². The lowest BCUT2D eigenvalue weighted by atomic mass is 10.1. The van der Waals surface area contributed by atoms with Gasteiger partial charge in [-0.05, 0) is 58.8 Å². The second-order valence-corrected chi connectivity index (χ2v) is 7.82. The third kappa shape index (κ3) is 5.09. The number of nitrogens with zero attached hydrogens (tertiary/aromatic N) is 4. The first-order chi connectivity index (χ1) is 15.0. The highest BCUT2D eigenvalue weighted by Gasteiger charge is 2.25. The summed E-state index contributed by atoms with van der Waals surface area (Å²) in [5.74, 6) is -0.269. The summed E-state index contributed by atoms with van der Waals surface area (Å²) in [7, 11) is 0. The number of non-ortho nitro benzene ring substituents is 1. The molecule has 12 heteroatoms. The molecule has 0 atom stereocenters. The molecule has 2 aromatic carbocycles. The Morgan fingerprint density at radius 3 is 2.47 bits per heavy atom. The number of nitrogens with one attached hydrogen (secondary N) is 1. The van der Waals surface area contributed by atoms with Gasteiger partial charge in [-0.25, -0.2) is 0 Å². The Labute approximate surface area is 190 Å². The first kappa shape index (κ1) is 22.9. The average Bonchev–Trinajstić information content (AvgIpc) is 2.99. The first-order valence-electron chi connectivity index (χ1n) is 9.27. The minimum atomic E-state index is -0.664. The molecule has 0 saturated carbocycles. The number of hydrogen-bond donors (Lipinski definition) is 1. The number of anilines is 1. The van der Waals surface area contributed by atoms with Crippen LogP contribution in [0.15, 0.2) is 40.9 Å². The van der Waals surface area contributed by atoms with Crippen molar-refractivity contribution in [2.75, 3.05) is 5.32 Å². The molecule has 0 aliphatic carbocycles. The second-order valence-electron chi connectivity index (χ2n) is 7.03. The molecule has 0 unspecified atom stereocenters. The Hall–Kier alpha value is -3.80. The largest absolute Gasteiger partial charge is 0.457 e. The lowest BCUT2D eigenvalue weighted by Crippen LogP contribution is -2.20. The Bertz CT molecular complexity index is 1240. The van der Waals surface area contributed by atoms with Gasteiger partial charge in [-0.1, -0.05) is 12.1 Å². The molecule has 3 aromatic rings. The van der Waals surface area contributed by atoms with Gasteiger partial charge in [-0.3, -0.25) is 14.9 Å². The number of halogens is 1. The highest BCUT2D eigenvalue weighted by Crippen LogP contribution is 2.32. The van der Waals surface area contributed by atoms with Gasteiger partial charge < -0.3 is 20.2 Å². The Morgan fingerprint density at radius 1 is 1.12 bits per heavy atom. The third-order valence-electron chi connectivity index (χ3n) is 4.54. The molecular weight excluding hydrogens is 486 g/mol. The van der Waals surface area contributed by atoms with Gasteiger partial charge in [0.1, 0.15) is 22.5 Å². The monoisotopic (exact) mass is 503 g/mol. The number of benzene rings is 2. The molecule has 0 aliphatic rings. The van der Waals surface area contributed by atoms with Crippen LogP contribution in [0.25, 0.3) is 0 Å². The molecule has 0 fully saturated rings. The number of aromatic nitrogens is 2. The average molecular weight is 504 g/mol. The molecule has 32 heavy (non-hydrogen) atoms. The summed E-state index contributed by atoms with van der Waals surface area (Å²) >= 11 is 3.09. The molecule has 0 radical (unpaired) electrons. The van der Waals surface area contributed by atoms with Gasteiger partial charge in [-0.2, -0.15) is 4.68 Å². The van der Waals surface area contributed by atoms with Crippen molar-refractivity contribution < 1.29 is 19.4 Å². The molecule has 166 valence electrons. The molecule has 1 N–H and O–H groups in total. The zero-order chi connectivity index (χ0) is 23.6. The fourth-order valence-corrected chi connectivity index (χ4v) is 3.31. The Kier molecular flexibility index (Phi) is 6.53. The van der Waals surface area contributed by atoms with Crippen molar-refractivity contribution in [3.63, 3.8) is 0 Å². The maximum atomic E-state index is 12.5. The lowest BCUT2D eigenvalue weighted by Gasteiger charge is -2.11. The Morgan fingerprint density at radius 2 is 1.84 bits per heavy atom. The van der Waals surface area contributed by atoms with Crippen LogP contribution in [-0.4, -0.2) is 25.5 Å². The van der Waals surface area contributed by atoms with E-state index in [2.05, 4.69) is 26.3 Å².